The molecule has 0 spiro atoms. The zero-order valence-electron chi connectivity index (χ0n) is 35.8. The minimum atomic E-state index is -5.34. The summed E-state index contributed by atoms with van der Waals surface area (Å²) in [6, 6.07) is -4.76. The predicted molar refractivity (Wildman–Crippen MR) is 206 cm³/mol. The van der Waals surface area contributed by atoms with Gasteiger partial charge >= 0.3 is 20.8 Å². The van der Waals surface area contributed by atoms with Gasteiger partial charge in [0.25, 0.3) is 12.9 Å². The van der Waals surface area contributed by atoms with Gasteiger partial charge in [0.2, 0.25) is 18.5 Å². The van der Waals surface area contributed by atoms with E-state index in [1.807, 2.05) is 0 Å². The number of aliphatic hydroxyl groups is 9. The van der Waals surface area contributed by atoms with Gasteiger partial charge in [-0.3, -0.25) is 23.5 Å². The van der Waals surface area contributed by atoms with Crippen LogP contribution in [0.15, 0.2) is 0 Å². The fraction of sp³-hybridized carbons (Fsp3) is 0.909. The molecule has 69 heavy (non-hydrogen) atoms. The second-order valence-corrected chi connectivity index (χ2v) is 18.2. The van der Waals surface area contributed by atoms with E-state index in [9.17, 15) is 81.7 Å². The number of ether oxygens (including phenoxy) is 11. The standard InChI is InChI=1S/C33H55N3O31S2/c1-8-13(34)17(42)24(11(59-8)4-57-68(49,50)51)62-30-22(47)20(45)26(32(66-30)55-6-38)64-28-14(35)18(43)25(12(61-28)5-58-69(52,53)54)63-31-23(48)21(46)27(33(67-31)56-7-39)65-29-15(36-9(2)40)19(44)16(41)10(3-37)60-29/h6-8,10-33,37,41-48H,3-5,34-35H2,1-2H3,(H,36,40)(H,49,50,51)(H,52,53,54)/t8-,10?,11?,12?,13?,14?,15?,16-,17+,18+,19+,20+,21+,22?,23?,24+,25+,26-,27-,28+,29-,30+,31+,32?,33?/m0/s1. The third-order valence-electron chi connectivity index (χ3n) is 11.3. The summed E-state index contributed by atoms with van der Waals surface area (Å²) in [6.07, 6.45) is -43.2. The summed E-state index contributed by atoms with van der Waals surface area (Å²) in [4.78, 5) is 35.1. The molecule has 0 aromatic heterocycles. The van der Waals surface area contributed by atoms with Crippen LogP contribution >= 0.6 is 0 Å². The van der Waals surface area contributed by atoms with Crippen molar-refractivity contribution in [2.75, 3.05) is 19.8 Å². The molecule has 34 nitrogen and oxygen atoms in total. The quantitative estimate of drug-likeness (QED) is 0.0398. The molecule has 5 aliphatic heterocycles. The summed E-state index contributed by atoms with van der Waals surface area (Å²) in [7, 11) is -10.4. The predicted octanol–water partition coefficient (Wildman–Crippen LogP) is -10.8. The number of nitrogens with one attached hydrogen (secondary N) is 1. The molecule has 5 saturated heterocycles. The van der Waals surface area contributed by atoms with Crippen LogP contribution in [-0.4, -0.2) is 264 Å². The first-order chi connectivity index (χ1) is 32.2. The summed E-state index contributed by atoms with van der Waals surface area (Å²) in [5.74, 6) is -0.780. The fourth-order valence-electron chi connectivity index (χ4n) is 7.80. The van der Waals surface area contributed by atoms with Crippen LogP contribution in [0.2, 0.25) is 0 Å². The average molecular weight is 1050 g/mol. The third-order valence-corrected chi connectivity index (χ3v) is 12.2. The van der Waals surface area contributed by atoms with Gasteiger partial charge in [0.1, 0.15) is 85.4 Å². The smallest absolute Gasteiger partial charge is 0.397 e. The van der Waals surface area contributed by atoms with Gasteiger partial charge in [-0.05, 0) is 6.92 Å². The molecule has 400 valence electrons. The Balaban J connectivity index is 1.34. The maximum atomic E-state index is 11.9. The molecule has 25 atom stereocenters. The fourth-order valence-corrected chi connectivity index (χ4v) is 8.41. The minimum Gasteiger partial charge on any atom is -0.435 e. The van der Waals surface area contributed by atoms with E-state index in [0.29, 0.717) is 0 Å². The van der Waals surface area contributed by atoms with Crippen LogP contribution in [0, 0.1) is 0 Å². The van der Waals surface area contributed by atoms with Crippen LogP contribution in [0.3, 0.4) is 0 Å². The van der Waals surface area contributed by atoms with Crippen molar-refractivity contribution >= 4 is 39.6 Å². The number of rotatable bonds is 20. The monoisotopic (exact) mass is 1050 g/mol. The summed E-state index contributed by atoms with van der Waals surface area (Å²) < 4.78 is 133. The molecule has 0 saturated carbocycles. The maximum absolute atomic E-state index is 11.9. The molecule has 0 aromatic rings. The van der Waals surface area contributed by atoms with Gasteiger partial charge in [-0.15, -0.1) is 0 Å². The lowest BCUT2D eigenvalue weighted by molar-refractivity contribution is -0.400. The first-order valence-corrected chi connectivity index (χ1v) is 23.1. The molecule has 1 amide bonds. The molecule has 5 aliphatic rings. The molecule has 0 radical (unpaired) electrons. The van der Waals surface area contributed by atoms with Crippen LogP contribution in [0.25, 0.3) is 0 Å². The number of amides is 1. The molecule has 0 bridgehead atoms. The Morgan fingerprint density at radius 3 is 1.41 bits per heavy atom. The Morgan fingerprint density at radius 1 is 0.551 bits per heavy atom. The Morgan fingerprint density at radius 2 is 0.971 bits per heavy atom. The van der Waals surface area contributed by atoms with Gasteiger partial charge in [-0.1, -0.05) is 0 Å². The van der Waals surface area contributed by atoms with Crippen LogP contribution in [0.5, 0.6) is 0 Å². The number of carbonyl (C=O) groups excluding carboxylic acids is 3. The van der Waals surface area contributed by atoms with Gasteiger partial charge in [0, 0.05) is 6.92 Å². The highest BCUT2D eigenvalue weighted by Crippen LogP contribution is 2.36. The second-order valence-electron chi connectivity index (χ2n) is 16.0. The van der Waals surface area contributed by atoms with Crippen molar-refractivity contribution in [2.24, 2.45) is 11.5 Å². The van der Waals surface area contributed by atoms with Crippen molar-refractivity contribution < 1.29 is 147 Å². The van der Waals surface area contributed by atoms with Gasteiger partial charge in [0.05, 0.1) is 38.0 Å². The SMILES string of the molecule is CC(=O)NC1[C@H](O[C@@H]2C(OC=O)O[C@@H](O[C@@H]3C(COS(=O)(=O)O)O[C@H](O[C@@H]4C(OC=O)O[C@@H](O[C@@H]5C(COS(=O)(=O)O)O[C@@H](C)C(N)[C@H]5O)C(O)[C@H]4O)C(N)[C@H]3O)C(O)[C@H]2O)OC(CO)[C@H](O)[C@@H]1O. The van der Waals surface area contributed by atoms with E-state index < -0.39 is 200 Å². The number of carbonyl (C=O) groups is 3. The largest absolute Gasteiger partial charge is 0.435 e. The van der Waals surface area contributed by atoms with E-state index in [-0.39, 0.29) is 12.9 Å². The van der Waals surface area contributed by atoms with E-state index in [4.69, 9.17) is 68.1 Å². The van der Waals surface area contributed by atoms with Crippen LogP contribution in [-0.2, 0) is 95.7 Å². The molecule has 10 unspecified atom stereocenters. The minimum absolute atomic E-state index is 0.219. The zero-order chi connectivity index (χ0) is 51.4. The number of hydrogen-bond acceptors (Lipinski definition) is 31. The van der Waals surface area contributed by atoms with Gasteiger partial charge < -0.3 is 115 Å². The molecule has 5 fully saturated rings. The third kappa shape index (κ3) is 13.9. The Kier molecular flexibility index (Phi) is 19.9. The van der Waals surface area contributed by atoms with E-state index in [2.05, 4.69) is 13.7 Å². The van der Waals surface area contributed by atoms with E-state index in [1.54, 1.807) is 0 Å². The van der Waals surface area contributed by atoms with Crippen LogP contribution in [0.4, 0.5) is 0 Å². The van der Waals surface area contributed by atoms with Crippen molar-refractivity contribution in [3.05, 3.63) is 0 Å². The highest BCUT2D eigenvalue weighted by Gasteiger charge is 2.57. The highest BCUT2D eigenvalue weighted by atomic mass is 32.3. The van der Waals surface area contributed by atoms with Gasteiger partial charge in [0.15, 0.2) is 37.4 Å². The lowest BCUT2D eigenvalue weighted by atomic mass is 9.93. The van der Waals surface area contributed by atoms with Crippen molar-refractivity contribution in [3.8, 4) is 0 Å². The Hall–Kier alpha value is -2.65. The molecule has 0 aromatic carbocycles. The number of nitrogens with two attached hydrogens (primary N) is 2. The zero-order valence-corrected chi connectivity index (χ0v) is 37.4. The van der Waals surface area contributed by atoms with Crippen molar-refractivity contribution in [1.82, 2.24) is 5.32 Å². The summed E-state index contributed by atoms with van der Waals surface area (Å²) in [5, 5.41) is 100. The van der Waals surface area contributed by atoms with E-state index >= 15 is 0 Å². The summed E-state index contributed by atoms with van der Waals surface area (Å²) in [5.41, 5.74) is 12.2. The maximum Gasteiger partial charge on any atom is 0.397 e. The van der Waals surface area contributed by atoms with Crippen molar-refractivity contribution in [1.29, 1.82) is 0 Å². The first kappa shape index (κ1) is 57.3. The molecule has 0 aliphatic carbocycles. The molecule has 16 N–H and O–H groups in total. The second kappa shape index (κ2) is 23.9. The summed E-state index contributed by atoms with van der Waals surface area (Å²) in [6.45, 7) is -1.22. The first-order valence-electron chi connectivity index (χ1n) is 20.4. The number of hydrogen-bond donors (Lipinski definition) is 14. The molecule has 5 rings (SSSR count). The molecule has 5 heterocycles. The number of aliphatic hydroxyl groups excluding tert-OH is 9. The molecule has 36 heteroatoms. The van der Waals surface area contributed by atoms with Gasteiger partial charge in [-0.25, -0.2) is 8.37 Å². The molecular weight excluding hydrogens is 998 g/mol. The van der Waals surface area contributed by atoms with Crippen molar-refractivity contribution in [3.63, 3.8) is 0 Å². The Bertz CT molecular complexity index is 1930. The lowest BCUT2D eigenvalue weighted by Crippen LogP contribution is -2.69. The van der Waals surface area contributed by atoms with Crippen LogP contribution < -0.4 is 16.8 Å². The Labute approximate surface area is 389 Å². The topological polar surface area (TPSA) is 526 Å². The summed E-state index contributed by atoms with van der Waals surface area (Å²) >= 11 is 0. The molecular formula is C33H55N3O31S2. The van der Waals surface area contributed by atoms with E-state index in [0.717, 1.165) is 6.92 Å². The normalized spacial score (nSPS) is 45.5. The van der Waals surface area contributed by atoms with E-state index in [1.165, 1.54) is 6.92 Å². The highest BCUT2D eigenvalue weighted by molar-refractivity contribution is 7.81. The lowest BCUT2D eigenvalue weighted by Gasteiger charge is -2.49. The average Bonchev–Trinajstić information content (AvgIpc) is 3.27. The van der Waals surface area contributed by atoms with Crippen LogP contribution in [0.1, 0.15) is 13.8 Å². The van der Waals surface area contributed by atoms with Gasteiger partial charge in [-0.2, -0.15) is 16.8 Å². The van der Waals surface area contributed by atoms with Crippen molar-refractivity contribution in [2.45, 2.75) is 167 Å².